The number of furan rings is 1. The van der Waals surface area contributed by atoms with E-state index in [1.54, 1.807) is 0 Å². The third-order valence-electron chi connectivity index (χ3n) is 1.92. The molecule has 82 valence electrons. The first kappa shape index (κ1) is 11.0. The van der Waals surface area contributed by atoms with Crippen LogP contribution >= 0.6 is 15.9 Å². The molecule has 0 spiro atoms. The molecule has 0 N–H and O–H groups in total. The Labute approximate surface area is 98.0 Å². The van der Waals surface area contributed by atoms with Crippen LogP contribution in [0.2, 0.25) is 0 Å². The van der Waals surface area contributed by atoms with Crippen LogP contribution < -0.4 is 0 Å². The van der Waals surface area contributed by atoms with Gasteiger partial charge in [-0.05, 0) is 40.2 Å². The molecule has 2 rings (SSSR count). The summed E-state index contributed by atoms with van der Waals surface area (Å²) in [7, 11) is 0. The molecule has 16 heavy (non-hydrogen) atoms. The summed E-state index contributed by atoms with van der Waals surface area (Å²) in [5.74, 6) is -2.14. The molecule has 0 bridgehead atoms. The second-order valence-electron chi connectivity index (χ2n) is 3.09. The van der Waals surface area contributed by atoms with E-state index in [1.165, 1.54) is 12.1 Å². The van der Waals surface area contributed by atoms with E-state index in [0.717, 1.165) is 12.1 Å². The highest BCUT2D eigenvalue weighted by Gasteiger charge is 2.15. The molecule has 0 atom stereocenters. The summed E-state index contributed by atoms with van der Waals surface area (Å²) in [6.45, 7) is 0. The first-order valence-corrected chi connectivity index (χ1v) is 5.12. The van der Waals surface area contributed by atoms with Crippen molar-refractivity contribution in [1.82, 2.24) is 0 Å². The Morgan fingerprint density at radius 3 is 2.25 bits per heavy atom. The molecule has 2 aromatic rings. The van der Waals surface area contributed by atoms with Crippen molar-refractivity contribution in [2.45, 2.75) is 0 Å². The number of carbonyl (C=O) groups is 1. The minimum atomic E-state index is -0.797. The smallest absolute Gasteiger partial charge is 0.228 e. The van der Waals surface area contributed by atoms with Crippen LogP contribution in [0.25, 0.3) is 0 Å². The summed E-state index contributed by atoms with van der Waals surface area (Å²) in [4.78, 5) is 11.7. The fraction of sp³-hybridized carbons (Fsp3) is 0. The SMILES string of the molecule is O=C(c1cc(F)cc(F)c1)c1ccc(Br)o1. The van der Waals surface area contributed by atoms with E-state index in [9.17, 15) is 13.6 Å². The Morgan fingerprint density at radius 2 is 1.75 bits per heavy atom. The van der Waals surface area contributed by atoms with Crippen LogP contribution in [0, 0.1) is 11.6 Å². The van der Waals surface area contributed by atoms with Gasteiger partial charge in [-0.25, -0.2) is 8.78 Å². The van der Waals surface area contributed by atoms with Crippen molar-refractivity contribution in [3.63, 3.8) is 0 Å². The van der Waals surface area contributed by atoms with E-state index in [-0.39, 0.29) is 11.3 Å². The molecule has 0 unspecified atom stereocenters. The maximum absolute atomic E-state index is 12.9. The molecule has 0 saturated carbocycles. The normalized spacial score (nSPS) is 10.4. The highest BCUT2D eigenvalue weighted by molar-refractivity contribution is 9.10. The topological polar surface area (TPSA) is 30.2 Å². The van der Waals surface area contributed by atoms with Gasteiger partial charge in [-0.15, -0.1) is 0 Å². The second-order valence-corrected chi connectivity index (χ2v) is 3.87. The van der Waals surface area contributed by atoms with Crippen molar-refractivity contribution in [2.24, 2.45) is 0 Å². The highest BCUT2D eigenvalue weighted by atomic mass is 79.9. The van der Waals surface area contributed by atoms with E-state index in [1.807, 2.05) is 0 Å². The molecule has 1 aromatic heterocycles. The lowest BCUT2D eigenvalue weighted by atomic mass is 10.1. The van der Waals surface area contributed by atoms with Gasteiger partial charge in [0.2, 0.25) is 5.78 Å². The van der Waals surface area contributed by atoms with Crippen molar-refractivity contribution in [1.29, 1.82) is 0 Å². The largest absolute Gasteiger partial charge is 0.446 e. The Balaban J connectivity index is 2.41. The number of rotatable bonds is 2. The average Bonchev–Trinajstić information content (AvgIpc) is 2.62. The van der Waals surface area contributed by atoms with Gasteiger partial charge in [0.05, 0.1) is 0 Å². The number of hydrogen-bond acceptors (Lipinski definition) is 2. The summed E-state index contributed by atoms with van der Waals surface area (Å²) in [5.41, 5.74) is -0.0839. The van der Waals surface area contributed by atoms with Crippen molar-refractivity contribution >= 4 is 21.7 Å². The lowest BCUT2D eigenvalue weighted by Gasteiger charge is -1.98. The third-order valence-corrected chi connectivity index (χ3v) is 2.35. The van der Waals surface area contributed by atoms with Crippen molar-refractivity contribution in [3.05, 3.63) is 58.0 Å². The Hall–Kier alpha value is -1.49. The van der Waals surface area contributed by atoms with Crippen molar-refractivity contribution < 1.29 is 18.0 Å². The zero-order chi connectivity index (χ0) is 11.7. The van der Waals surface area contributed by atoms with Crippen LogP contribution in [-0.2, 0) is 0 Å². The second kappa shape index (κ2) is 4.17. The van der Waals surface area contributed by atoms with E-state index in [0.29, 0.717) is 10.7 Å². The number of halogens is 3. The number of benzene rings is 1. The third kappa shape index (κ3) is 2.19. The summed E-state index contributed by atoms with van der Waals surface area (Å²) in [6.07, 6.45) is 0. The van der Waals surface area contributed by atoms with Crippen LogP contribution in [0.4, 0.5) is 8.78 Å². The number of ketones is 1. The average molecular weight is 287 g/mol. The fourth-order valence-corrected chi connectivity index (χ4v) is 1.57. The zero-order valence-electron chi connectivity index (χ0n) is 7.84. The molecular weight excluding hydrogens is 282 g/mol. The van der Waals surface area contributed by atoms with Crippen molar-refractivity contribution in [2.75, 3.05) is 0 Å². The molecule has 1 heterocycles. The molecule has 0 amide bonds. The van der Waals surface area contributed by atoms with Gasteiger partial charge in [0.25, 0.3) is 0 Å². The van der Waals surface area contributed by atoms with Gasteiger partial charge in [-0.1, -0.05) is 0 Å². The maximum atomic E-state index is 12.9. The van der Waals surface area contributed by atoms with E-state index >= 15 is 0 Å². The zero-order valence-corrected chi connectivity index (χ0v) is 9.42. The first-order chi connectivity index (χ1) is 7.56. The van der Waals surface area contributed by atoms with Crippen LogP contribution in [0.15, 0.2) is 39.4 Å². The van der Waals surface area contributed by atoms with E-state index < -0.39 is 17.4 Å². The molecule has 0 saturated heterocycles. The van der Waals surface area contributed by atoms with Gasteiger partial charge in [0.15, 0.2) is 10.4 Å². The summed E-state index contributed by atoms with van der Waals surface area (Å²) in [5, 5.41) is 0. The highest BCUT2D eigenvalue weighted by Crippen LogP contribution is 2.18. The Morgan fingerprint density at radius 1 is 1.12 bits per heavy atom. The minimum absolute atomic E-state index is 0.0249. The fourth-order valence-electron chi connectivity index (χ4n) is 1.26. The molecule has 0 fully saturated rings. The Kier molecular flexibility index (Phi) is 2.87. The molecule has 0 aliphatic heterocycles. The predicted octanol–water partition coefficient (Wildman–Crippen LogP) is 3.55. The molecule has 2 nitrogen and oxygen atoms in total. The van der Waals surface area contributed by atoms with Gasteiger partial charge in [0, 0.05) is 11.6 Å². The van der Waals surface area contributed by atoms with Crippen molar-refractivity contribution in [3.8, 4) is 0 Å². The van der Waals surface area contributed by atoms with E-state index in [4.69, 9.17) is 4.42 Å². The predicted molar refractivity (Wildman–Crippen MR) is 56.2 cm³/mol. The molecule has 0 radical (unpaired) electrons. The van der Waals surface area contributed by atoms with Crippen LogP contribution in [0.3, 0.4) is 0 Å². The van der Waals surface area contributed by atoms with Gasteiger partial charge < -0.3 is 4.42 Å². The quantitative estimate of drug-likeness (QED) is 0.791. The standard InChI is InChI=1S/C11H5BrF2O2/c12-10-2-1-9(16-10)11(15)6-3-7(13)5-8(14)4-6/h1-5H. The van der Waals surface area contributed by atoms with Gasteiger partial charge in [-0.2, -0.15) is 0 Å². The molecule has 5 heteroatoms. The lowest BCUT2D eigenvalue weighted by molar-refractivity contribution is 0.101. The number of hydrogen-bond donors (Lipinski definition) is 0. The maximum Gasteiger partial charge on any atom is 0.228 e. The summed E-state index contributed by atoms with van der Waals surface area (Å²) in [6, 6.07) is 5.58. The van der Waals surface area contributed by atoms with Gasteiger partial charge in [0.1, 0.15) is 11.6 Å². The molecule has 0 aliphatic rings. The molecule has 0 aliphatic carbocycles. The lowest BCUT2D eigenvalue weighted by Crippen LogP contribution is -2.01. The summed E-state index contributed by atoms with van der Waals surface area (Å²) < 4.78 is 31.1. The first-order valence-electron chi connectivity index (χ1n) is 4.32. The summed E-state index contributed by atoms with van der Waals surface area (Å²) >= 11 is 3.03. The minimum Gasteiger partial charge on any atom is -0.446 e. The number of carbonyl (C=O) groups excluding carboxylic acids is 1. The van der Waals surface area contributed by atoms with Gasteiger partial charge in [-0.3, -0.25) is 4.79 Å². The van der Waals surface area contributed by atoms with E-state index in [2.05, 4.69) is 15.9 Å². The van der Waals surface area contributed by atoms with Crippen LogP contribution in [0.1, 0.15) is 16.1 Å². The molecule has 1 aromatic carbocycles. The van der Waals surface area contributed by atoms with Crippen LogP contribution in [0.5, 0.6) is 0 Å². The Bertz CT molecular complexity index is 528. The monoisotopic (exact) mass is 286 g/mol. The van der Waals surface area contributed by atoms with Gasteiger partial charge >= 0.3 is 0 Å². The molecular formula is C11H5BrF2O2. The van der Waals surface area contributed by atoms with Crippen LogP contribution in [-0.4, -0.2) is 5.78 Å².